The molecule has 0 aromatic heterocycles. The Kier molecular flexibility index (Phi) is 16.3. The number of ketones is 1. The van der Waals surface area contributed by atoms with Gasteiger partial charge in [0.15, 0.2) is 23.6 Å². The molecular weight excluding hydrogens is 915 g/mol. The first-order valence-corrected chi connectivity index (χ1v) is 24.6. The highest BCUT2D eigenvalue weighted by molar-refractivity contribution is 8.76. The number of hydrogen-bond donors (Lipinski definition) is 4. The van der Waals surface area contributed by atoms with Crippen molar-refractivity contribution in [2.75, 3.05) is 32.8 Å². The molecule has 4 N–H and O–H groups in total. The summed E-state index contributed by atoms with van der Waals surface area (Å²) >= 11 is 0. The van der Waals surface area contributed by atoms with Gasteiger partial charge in [0.25, 0.3) is 0 Å². The summed E-state index contributed by atoms with van der Waals surface area (Å²) in [5.74, 6) is -5.91. The van der Waals surface area contributed by atoms with Crippen molar-refractivity contribution in [2.45, 2.75) is 148 Å². The molecule has 67 heavy (non-hydrogen) atoms. The van der Waals surface area contributed by atoms with Crippen molar-refractivity contribution in [3.8, 4) is 11.5 Å². The van der Waals surface area contributed by atoms with Gasteiger partial charge < -0.3 is 58.5 Å². The second kappa shape index (κ2) is 20.3. The Morgan fingerprint density at radius 2 is 1.70 bits per heavy atom. The fraction of sp³-hybridized carbons (Fsp3) is 0.660. The zero-order valence-electron chi connectivity index (χ0n) is 40.3. The lowest BCUT2D eigenvalue weighted by atomic mass is 9.44. The third-order valence-electron chi connectivity index (χ3n) is 13.3. The average molecular weight is 980 g/mol. The molecule has 20 heteroatoms. The topological polar surface area (TPSA) is 249 Å². The number of methoxy groups -OCH3 is 2. The van der Waals surface area contributed by atoms with Crippen molar-refractivity contribution in [1.82, 2.24) is 5.32 Å². The summed E-state index contributed by atoms with van der Waals surface area (Å²) in [5.41, 5.74) is -8.57. The van der Waals surface area contributed by atoms with Gasteiger partial charge in [0.2, 0.25) is 0 Å². The Morgan fingerprint density at radius 3 is 2.25 bits per heavy atom. The van der Waals surface area contributed by atoms with Gasteiger partial charge in [-0.1, -0.05) is 47.1 Å². The van der Waals surface area contributed by atoms with E-state index in [1.165, 1.54) is 67.9 Å². The number of esters is 4. The number of rotatable bonds is 15. The highest BCUT2D eigenvalue weighted by Crippen LogP contribution is 2.64. The monoisotopic (exact) mass is 979 g/mol. The van der Waals surface area contributed by atoms with Crippen LogP contribution in [0, 0.1) is 16.7 Å². The van der Waals surface area contributed by atoms with Crippen LogP contribution >= 0.6 is 21.6 Å². The van der Waals surface area contributed by atoms with E-state index in [1.54, 1.807) is 54.5 Å². The molecule has 1 amide bonds. The predicted octanol–water partition coefficient (Wildman–Crippen LogP) is 4.82. The fourth-order valence-electron chi connectivity index (χ4n) is 10.0. The maximum Gasteiger partial charge on any atom is 0.408 e. The maximum atomic E-state index is 15.9. The largest absolute Gasteiger partial charge is 0.497 e. The van der Waals surface area contributed by atoms with Crippen LogP contribution in [-0.4, -0.2) is 143 Å². The molecule has 2 saturated carbocycles. The zero-order valence-corrected chi connectivity index (χ0v) is 42.0. The van der Waals surface area contributed by atoms with Gasteiger partial charge in [-0.05, 0) is 84.1 Å². The number of benzene rings is 1. The van der Waals surface area contributed by atoms with E-state index in [0.717, 1.165) is 6.92 Å². The molecule has 0 radical (unpaired) electrons. The van der Waals surface area contributed by atoms with E-state index in [0.29, 0.717) is 11.3 Å². The quantitative estimate of drug-likeness (QED) is 0.0605. The first-order chi connectivity index (χ1) is 31.1. The van der Waals surface area contributed by atoms with Gasteiger partial charge in [-0.25, -0.2) is 14.4 Å². The smallest absolute Gasteiger partial charge is 0.408 e. The Bertz CT molecular complexity index is 2160. The van der Waals surface area contributed by atoms with Crippen LogP contribution in [0.5, 0.6) is 11.5 Å². The van der Waals surface area contributed by atoms with Crippen LogP contribution in [0.3, 0.4) is 0 Å². The SMILES string of the molecule is COc1ccc(OC)c(C(=O)O[C@H]2[C@@H]3[C@]4(OC(C)=O)CO[C@@H]4C[C@H](O)[C@@]3(C)C(=O)[C@H](OC(=O)CCSSC)C3=C(C)[C@@H](OC(=O)[C@H](O)[C@H](C=C(C)C)NC(=O)OC(C)(C)C)C[C@]2(O)C3(C)C)c1. The summed E-state index contributed by atoms with van der Waals surface area (Å²) in [7, 11) is 5.50. The molecule has 18 nitrogen and oxygen atoms in total. The molecule has 1 aromatic rings. The van der Waals surface area contributed by atoms with Crippen LogP contribution in [0.1, 0.15) is 98.9 Å². The van der Waals surface area contributed by atoms with Crippen molar-refractivity contribution >= 4 is 57.3 Å². The van der Waals surface area contributed by atoms with Crippen LogP contribution in [-0.2, 0) is 47.6 Å². The van der Waals surface area contributed by atoms with E-state index < -0.39 is 118 Å². The second-order valence-electron chi connectivity index (χ2n) is 19.4. The molecule has 372 valence electrons. The number of amides is 1. The summed E-state index contributed by atoms with van der Waals surface area (Å²) in [6.07, 6.45) is -8.79. The fourth-order valence-corrected chi connectivity index (χ4v) is 11.2. The highest BCUT2D eigenvalue weighted by atomic mass is 33.1. The number of aliphatic hydroxyl groups is 3. The lowest BCUT2D eigenvalue weighted by Crippen LogP contribution is -2.82. The van der Waals surface area contributed by atoms with Crippen molar-refractivity contribution in [1.29, 1.82) is 0 Å². The second-order valence-corrected chi connectivity index (χ2v) is 22.0. The van der Waals surface area contributed by atoms with E-state index in [4.69, 9.17) is 37.9 Å². The number of Topliss-reactive ketones (excluding diaryl/α,β-unsaturated/α-hetero) is 1. The van der Waals surface area contributed by atoms with Gasteiger partial charge >= 0.3 is 30.0 Å². The number of aliphatic hydroxyl groups excluding tert-OH is 2. The Labute approximate surface area is 398 Å². The summed E-state index contributed by atoms with van der Waals surface area (Å²) < 4.78 is 47.1. The van der Waals surface area contributed by atoms with Crippen LogP contribution in [0.2, 0.25) is 0 Å². The molecular formula is C47H65NO17S2. The lowest BCUT2D eigenvalue weighted by molar-refractivity contribution is -0.346. The third-order valence-corrected chi connectivity index (χ3v) is 15.1. The molecule has 2 bridgehead atoms. The molecule has 4 aliphatic rings. The number of hydrogen-bond acceptors (Lipinski definition) is 19. The van der Waals surface area contributed by atoms with Gasteiger partial charge in [0, 0.05) is 30.9 Å². The lowest BCUT2D eigenvalue weighted by Gasteiger charge is -2.67. The van der Waals surface area contributed by atoms with Gasteiger partial charge in [0.05, 0.1) is 50.7 Å². The van der Waals surface area contributed by atoms with E-state index in [-0.39, 0.29) is 47.7 Å². The Balaban J connectivity index is 1.78. The minimum Gasteiger partial charge on any atom is -0.497 e. The van der Waals surface area contributed by atoms with Crippen molar-refractivity contribution in [3.05, 3.63) is 46.6 Å². The molecule has 11 atom stereocenters. The number of allylic oxidation sites excluding steroid dienone is 1. The maximum absolute atomic E-state index is 15.9. The molecule has 1 aliphatic heterocycles. The van der Waals surface area contributed by atoms with Gasteiger partial charge in [-0.2, -0.15) is 0 Å². The highest BCUT2D eigenvalue weighted by Gasteiger charge is 2.78. The number of fused-ring (bicyclic) bond motifs is 5. The molecule has 1 aromatic carbocycles. The Morgan fingerprint density at radius 1 is 1.03 bits per heavy atom. The number of carbonyl (C=O) groups excluding carboxylic acids is 6. The summed E-state index contributed by atoms with van der Waals surface area (Å²) in [6, 6.07) is 2.97. The normalized spacial score (nSPS) is 30.5. The van der Waals surface area contributed by atoms with Crippen LogP contribution in [0.15, 0.2) is 41.0 Å². The van der Waals surface area contributed by atoms with Gasteiger partial charge in [-0.3, -0.25) is 14.4 Å². The average Bonchev–Trinajstić information content (AvgIpc) is 3.22. The first kappa shape index (κ1) is 53.6. The summed E-state index contributed by atoms with van der Waals surface area (Å²) in [5, 5.41) is 40.3. The van der Waals surface area contributed by atoms with E-state index in [9.17, 15) is 39.3 Å². The number of ether oxygens (including phenoxy) is 8. The van der Waals surface area contributed by atoms with Crippen LogP contribution < -0.4 is 14.8 Å². The minimum atomic E-state index is -2.48. The van der Waals surface area contributed by atoms with Crippen molar-refractivity contribution in [2.24, 2.45) is 16.7 Å². The summed E-state index contributed by atoms with van der Waals surface area (Å²) in [4.78, 5) is 84.9. The van der Waals surface area contributed by atoms with Crippen LogP contribution in [0.25, 0.3) is 0 Å². The van der Waals surface area contributed by atoms with E-state index in [1.807, 2.05) is 6.26 Å². The molecule has 1 heterocycles. The van der Waals surface area contributed by atoms with Crippen molar-refractivity contribution < 1.29 is 82.0 Å². The van der Waals surface area contributed by atoms with Crippen molar-refractivity contribution in [3.63, 3.8) is 0 Å². The predicted molar refractivity (Wildman–Crippen MR) is 245 cm³/mol. The van der Waals surface area contributed by atoms with Crippen LogP contribution in [0.4, 0.5) is 4.79 Å². The molecule has 3 aliphatic carbocycles. The standard InChI is InChI=1S/C47H65NO17S2/c1-23(2)18-28(48-42(56)65-43(5,6)7)35(52)41(55)61-30-21-47(57)39(63-40(54)27-19-26(58-11)14-15-29(27)59-12)37-45(10,31(50)20-32-46(37,22-60-32)64-25(4)49)38(53)36(34(24(30)3)44(47,8)9)62-33(51)16-17-67-66-13/h14-15,18-19,28,30-32,35-37,39,50,52,57H,16-17,20-22H2,1-13H3,(H,48,56)/t28-,30-,31-,32+,35+,36+,37-,39-,45+,46-,47+/m0/s1. The third kappa shape index (κ3) is 10.3. The Hall–Kier alpha value is -4.34. The molecule has 5 rings (SSSR count). The van der Waals surface area contributed by atoms with E-state index >= 15 is 4.79 Å². The molecule has 1 saturated heterocycles. The number of alkyl carbamates (subject to hydrolysis) is 1. The number of carbonyl (C=O) groups is 6. The molecule has 0 spiro atoms. The number of nitrogens with one attached hydrogen (secondary N) is 1. The first-order valence-electron chi connectivity index (χ1n) is 21.9. The van der Waals surface area contributed by atoms with Gasteiger partial charge in [0.1, 0.15) is 46.6 Å². The molecule has 0 unspecified atom stereocenters. The minimum absolute atomic E-state index is 0.0301. The summed E-state index contributed by atoms with van der Waals surface area (Å²) in [6.45, 7) is 15.1. The molecule has 3 fully saturated rings. The van der Waals surface area contributed by atoms with E-state index in [2.05, 4.69) is 5.32 Å². The van der Waals surface area contributed by atoms with Gasteiger partial charge in [-0.15, -0.1) is 0 Å². The zero-order chi connectivity index (χ0) is 50.2.